The van der Waals surface area contributed by atoms with E-state index in [2.05, 4.69) is 10.2 Å². The van der Waals surface area contributed by atoms with Crippen molar-refractivity contribution in [1.82, 2.24) is 10.2 Å². The van der Waals surface area contributed by atoms with Crippen molar-refractivity contribution < 1.29 is 10.2 Å². The van der Waals surface area contributed by atoms with Crippen molar-refractivity contribution in [3.63, 3.8) is 0 Å². The van der Waals surface area contributed by atoms with Gasteiger partial charge in [0.2, 0.25) is 0 Å². The molecule has 0 aromatic heterocycles. The minimum absolute atomic E-state index is 0.406. The minimum Gasteiger partial charge on any atom is -0.516 e. The fraction of sp³-hybridized carbons (Fsp3) is 0.600. The molecule has 0 spiro atoms. The van der Waals surface area contributed by atoms with Gasteiger partial charge in [-0.05, 0) is 18.6 Å². The predicted molar refractivity (Wildman–Crippen MR) is 56.4 cm³/mol. The van der Waals surface area contributed by atoms with Gasteiger partial charge in [0.1, 0.15) is 0 Å². The highest BCUT2D eigenvalue weighted by Gasteiger charge is 2.19. The number of hydrogen-bond acceptors (Lipinski definition) is 4. The molecule has 3 N–H and O–H groups in total. The third-order valence-corrected chi connectivity index (χ3v) is 2.43. The van der Waals surface area contributed by atoms with E-state index in [1.54, 1.807) is 12.2 Å². The first-order chi connectivity index (χ1) is 6.88. The lowest BCUT2D eigenvalue weighted by Crippen LogP contribution is -2.50. The molecule has 0 aromatic rings. The molecule has 1 heterocycles. The first kappa shape index (κ1) is 11.1. The van der Waals surface area contributed by atoms with Crippen molar-refractivity contribution in [2.75, 3.05) is 26.2 Å². The van der Waals surface area contributed by atoms with Crippen molar-refractivity contribution in [1.29, 1.82) is 0 Å². The van der Waals surface area contributed by atoms with Crippen LogP contribution in [0.5, 0.6) is 0 Å². The molecule has 1 atom stereocenters. The van der Waals surface area contributed by atoms with Crippen LogP contribution in [0.1, 0.15) is 6.42 Å². The minimum atomic E-state index is 0.406. The van der Waals surface area contributed by atoms with Gasteiger partial charge < -0.3 is 15.5 Å². The zero-order chi connectivity index (χ0) is 10.2. The lowest BCUT2D eigenvalue weighted by molar-refractivity contribution is 0.179. The van der Waals surface area contributed by atoms with Crippen molar-refractivity contribution in [3.05, 3.63) is 24.7 Å². The van der Waals surface area contributed by atoms with Crippen LogP contribution in [-0.2, 0) is 0 Å². The van der Waals surface area contributed by atoms with Gasteiger partial charge in [0, 0.05) is 32.2 Å². The number of aliphatic hydroxyl groups excluding tert-OH is 2. The Bertz CT molecular complexity index is 182. The highest BCUT2D eigenvalue weighted by atomic mass is 16.2. The molecule has 0 bridgehead atoms. The molecule has 0 amide bonds. The summed E-state index contributed by atoms with van der Waals surface area (Å²) in [4.78, 5) is 2.28. The fourth-order valence-electron chi connectivity index (χ4n) is 1.68. The molecule has 1 unspecified atom stereocenters. The second-order valence-corrected chi connectivity index (χ2v) is 3.36. The zero-order valence-electron chi connectivity index (χ0n) is 8.26. The number of rotatable bonds is 4. The Kier molecular flexibility index (Phi) is 5.11. The summed E-state index contributed by atoms with van der Waals surface area (Å²) in [6.45, 7) is 3.67. The number of nitrogens with zero attached hydrogens (tertiary/aromatic N) is 1. The summed E-state index contributed by atoms with van der Waals surface area (Å²) in [6.07, 6.45) is 6.51. The molecule has 4 heteroatoms. The summed E-state index contributed by atoms with van der Waals surface area (Å²) >= 11 is 0. The van der Waals surface area contributed by atoms with Crippen molar-refractivity contribution in [2.24, 2.45) is 0 Å². The van der Waals surface area contributed by atoms with Gasteiger partial charge in [-0.25, -0.2) is 0 Å². The third-order valence-electron chi connectivity index (χ3n) is 2.43. The topological polar surface area (TPSA) is 55.7 Å². The molecule has 1 aliphatic rings. The van der Waals surface area contributed by atoms with Gasteiger partial charge in [0.15, 0.2) is 0 Å². The molecule has 80 valence electrons. The largest absolute Gasteiger partial charge is 0.516 e. The lowest BCUT2D eigenvalue weighted by atomic mass is 10.1. The summed E-state index contributed by atoms with van der Waals surface area (Å²) in [5.41, 5.74) is 0. The number of aliphatic hydroxyl groups is 2. The molecule has 4 nitrogen and oxygen atoms in total. The van der Waals surface area contributed by atoms with Gasteiger partial charge in [-0.2, -0.15) is 0 Å². The van der Waals surface area contributed by atoms with Gasteiger partial charge in [-0.3, -0.25) is 4.90 Å². The smallest absolute Gasteiger partial charge is 0.0764 e. The monoisotopic (exact) mass is 198 g/mol. The van der Waals surface area contributed by atoms with E-state index in [1.807, 2.05) is 0 Å². The molecule has 1 fully saturated rings. The maximum Gasteiger partial charge on any atom is 0.0764 e. The summed E-state index contributed by atoms with van der Waals surface area (Å²) in [5, 5.41) is 20.5. The second kappa shape index (κ2) is 6.45. The van der Waals surface area contributed by atoms with Gasteiger partial charge in [0.05, 0.1) is 12.5 Å². The molecule has 1 rings (SSSR count). The van der Waals surface area contributed by atoms with Crippen molar-refractivity contribution >= 4 is 0 Å². The average molecular weight is 198 g/mol. The van der Waals surface area contributed by atoms with E-state index < -0.39 is 0 Å². The average Bonchev–Trinajstić information content (AvgIpc) is 2.24. The summed E-state index contributed by atoms with van der Waals surface area (Å²) in [5.74, 6) is 0. The van der Waals surface area contributed by atoms with E-state index in [9.17, 15) is 0 Å². The van der Waals surface area contributed by atoms with Gasteiger partial charge in [0.25, 0.3) is 0 Å². The SMILES string of the molecule is OC=CCC1CNCCN1CC=CO. The van der Waals surface area contributed by atoms with E-state index in [0.717, 1.165) is 45.1 Å². The first-order valence-corrected chi connectivity index (χ1v) is 4.91. The molecule has 0 aromatic carbocycles. The van der Waals surface area contributed by atoms with Crippen LogP contribution in [0.25, 0.3) is 0 Å². The summed E-state index contributed by atoms with van der Waals surface area (Å²) < 4.78 is 0. The van der Waals surface area contributed by atoms with Crippen LogP contribution in [0.15, 0.2) is 24.7 Å². The van der Waals surface area contributed by atoms with Gasteiger partial charge in [-0.1, -0.05) is 0 Å². The Balaban J connectivity index is 2.41. The van der Waals surface area contributed by atoms with Crippen LogP contribution in [0.3, 0.4) is 0 Å². The standard InChI is InChI=1S/C10H18N2O2/c13-7-1-3-10-9-11-4-6-12(10)5-2-8-14/h1-2,7-8,10-11,13-14H,3-6,9H2. The number of piperazine rings is 1. The molecule has 0 aliphatic carbocycles. The molecule has 14 heavy (non-hydrogen) atoms. The van der Waals surface area contributed by atoms with Crippen LogP contribution in [0.2, 0.25) is 0 Å². The van der Waals surface area contributed by atoms with Crippen LogP contribution in [-0.4, -0.2) is 47.3 Å². The number of hydrogen-bond donors (Lipinski definition) is 3. The van der Waals surface area contributed by atoms with E-state index >= 15 is 0 Å². The maximum absolute atomic E-state index is 8.59. The number of nitrogens with one attached hydrogen (secondary N) is 1. The quantitative estimate of drug-likeness (QED) is 0.585. The Hall–Kier alpha value is -1.00. The van der Waals surface area contributed by atoms with Crippen LogP contribution >= 0.6 is 0 Å². The van der Waals surface area contributed by atoms with E-state index in [4.69, 9.17) is 10.2 Å². The highest BCUT2D eigenvalue weighted by molar-refractivity contribution is 4.90. The molecular weight excluding hydrogens is 180 g/mol. The van der Waals surface area contributed by atoms with E-state index in [-0.39, 0.29) is 0 Å². The lowest BCUT2D eigenvalue weighted by Gasteiger charge is -2.34. The van der Waals surface area contributed by atoms with Gasteiger partial charge in [-0.15, -0.1) is 0 Å². The van der Waals surface area contributed by atoms with Gasteiger partial charge >= 0.3 is 0 Å². The molecular formula is C10H18N2O2. The third kappa shape index (κ3) is 3.40. The summed E-state index contributed by atoms with van der Waals surface area (Å²) in [7, 11) is 0. The molecule has 0 saturated carbocycles. The van der Waals surface area contributed by atoms with Crippen LogP contribution < -0.4 is 5.32 Å². The van der Waals surface area contributed by atoms with Crippen LogP contribution in [0, 0.1) is 0 Å². The second-order valence-electron chi connectivity index (χ2n) is 3.36. The Morgan fingerprint density at radius 3 is 2.79 bits per heavy atom. The Labute approximate surface area is 84.5 Å². The maximum atomic E-state index is 8.59. The fourth-order valence-corrected chi connectivity index (χ4v) is 1.68. The zero-order valence-corrected chi connectivity index (χ0v) is 8.26. The predicted octanol–water partition coefficient (Wildman–Crippen LogP) is 0.794. The molecule has 1 saturated heterocycles. The molecule has 1 aliphatic heterocycles. The summed E-state index contributed by atoms with van der Waals surface area (Å²) in [6, 6.07) is 0.406. The van der Waals surface area contributed by atoms with E-state index in [0.29, 0.717) is 6.04 Å². The highest BCUT2D eigenvalue weighted by Crippen LogP contribution is 2.07. The Morgan fingerprint density at radius 2 is 2.07 bits per heavy atom. The van der Waals surface area contributed by atoms with E-state index in [1.165, 1.54) is 0 Å². The first-order valence-electron chi connectivity index (χ1n) is 4.91. The molecule has 0 radical (unpaired) electrons. The van der Waals surface area contributed by atoms with Crippen molar-refractivity contribution in [3.8, 4) is 0 Å². The van der Waals surface area contributed by atoms with Crippen LogP contribution in [0.4, 0.5) is 0 Å². The normalized spacial score (nSPS) is 25.0. The Morgan fingerprint density at radius 1 is 1.29 bits per heavy atom. The van der Waals surface area contributed by atoms with Crippen molar-refractivity contribution in [2.45, 2.75) is 12.5 Å².